The summed E-state index contributed by atoms with van der Waals surface area (Å²) in [6.07, 6.45) is 8.86. The number of ether oxygens (including phenoxy) is 4. The van der Waals surface area contributed by atoms with Gasteiger partial charge in [-0.15, -0.1) is 0 Å². The molecule has 0 atom stereocenters. The number of nitrogens with zero attached hydrogens (tertiary/aromatic N) is 2. The molecule has 0 N–H and O–H groups in total. The number of rotatable bonds is 18. The lowest BCUT2D eigenvalue weighted by Gasteiger charge is -2.30. The molecule has 0 bridgehead atoms. The molecular weight excluding hydrogens is 961 g/mol. The first-order chi connectivity index (χ1) is 37.1. The normalized spacial score (nSPS) is 12.8. The molecule has 77 heavy (non-hydrogen) atoms. The Morgan fingerprint density at radius 1 is 0.494 bits per heavy atom. The monoisotopic (exact) mass is 1030 g/mol. The fourth-order valence-electron chi connectivity index (χ4n) is 10.6. The Hall–Kier alpha value is -8.11. The second-order valence-corrected chi connectivity index (χ2v) is 22.3. The van der Waals surface area contributed by atoms with Gasteiger partial charge in [0.05, 0.1) is 41.3 Å². The Morgan fingerprint density at radius 2 is 1.01 bits per heavy atom. The van der Waals surface area contributed by atoms with E-state index in [0.29, 0.717) is 95.9 Å². The molecule has 10 rings (SSSR count). The summed E-state index contributed by atoms with van der Waals surface area (Å²) < 4.78 is 26.1. The summed E-state index contributed by atoms with van der Waals surface area (Å²) in [6, 6.07) is 39.4. The van der Waals surface area contributed by atoms with Crippen molar-refractivity contribution in [1.82, 2.24) is 4.98 Å². The van der Waals surface area contributed by atoms with Crippen LogP contribution < -0.4 is 14.4 Å². The van der Waals surface area contributed by atoms with Crippen molar-refractivity contribution in [2.45, 2.75) is 118 Å². The lowest BCUT2D eigenvalue weighted by atomic mass is 9.82. The third-order valence-corrected chi connectivity index (χ3v) is 14.8. The van der Waals surface area contributed by atoms with Crippen molar-refractivity contribution in [3.05, 3.63) is 167 Å². The predicted octanol–water partition coefficient (Wildman–Crippen LogP) is 17.3. The van der Waals surface area contributed by atoms with Crippen LogP contribution in [-0.4, -0.2) is 42.0 Å². The molecule has 2 heterocycles. The Balaban J connectivity index is 1.27. The molecule has 8 aromatic carbocycles. The SMILES string of the molecule is CCCCCCOC(=O)c1ccc2c3c(Oc4ccc(C(C)(C)C)cc4)cc4c5c(ccc(c6c(Oc7ccc(C(C)(C)C)cc7)cc(C(=O)OCCCCCC)c1c26)c53)C(=O)N(c1ccnc(-c2ccccc2)c1)C4=O. The number of aromatic nitrogens is 1. The summed E-state index contributed by atoms with van der Waals surface area (Å²) in [7, 11) is 0. The van der Waals surface area contributed by atoms with Gasteiger partial charge in [-0.1, -0.05) is 161 Å². The number of anilines is 1. The van der Waals surface area contributed by atoms with E-state index in [1.807, 2.05) is 91.0 Å². The van der Waals surface area contributed by atoms with E-state index in [1.54, 1.807) is 42.6 Å². The number of hydrogen-bond donors (Lipinski definition) is 0. The first-order valence-corrected chi connectivity index (χ1v) is 27.2. The van der Waals surface area contributed by atoms with Crippen LogP contribution in [0.4, 0.5) is 5.69 Å². The van der Waals surface area contributed by atoms with Crippen molar-refractivity contribution in [2.75, 3.05) is 18.1 Å². The quantitative estimate of drug-likeness (QED) is 0.0272. The Bertz CT molecular complexity index is 3700. The number of carbonyl (C=O) groups is 4. The van der Waals surface area contributed by atoms with Gasteiger partial charge in [-0.2, -0.15) is 0 Å². The van der Waals surface area contributed by atoms with Crippen LogP contribution in [-0.2, 0) is 20.3 Å². The largest absolute Gasteiger partial charge is 0.462 e. The second kappa shape index (κ2) is 21.5. The maximum Gasteiger partial charge on any atom is 0.338 e. The van der Waals surface area contributed by atoms with Gasteiger partial charge in [0.25, 0.3) is 11.8 Å². The molecular formula is C67H66N2O8. The molecule has 1 aliphatic rings. The Kier molecular flexibility index (Phi) is 14.6. The molecule has 0 spiro atoms. The number of fused-ring (bicyclic) bond motifs is 2. The highest BCUT2D eigenvalue weighted by atomic mass is 16.5. The van der Waals surface area contributed by atoms with E-state index >= 15 is 9.59 Å². The minimum Gasteiger partial charge on any atom is -0.462 e. The van der Waals surface area contributed by atoms with Gasteiger partial charge >= 0.3 is 11.9 Å². The number of unbranched alkanes of at least 4 members (excludes halogenated alkanes) is 6. The first-order valence-electron chi connectivity index (χ1n) is 27.2. The van der Waals surface area contributed by atoms with Crippen molar-refractivity contribution in [1.29, 1.82) is 0 Å². The van der Waals surface area contributed by atoms with Crippen LogP contribution in [0.3, 0.4) is 0 Å². The number of esters is 2. The second-order valence-electron chi connectivity index (χ2n) is 22.3. The molecule has 0 unspecified atom stereocenters. The number of amides is 2. The van der Waals surface area contributed by atoms with Gasteiger partial charge in [-0.25, -0.2) is 14.5 Å². The maximum absolute atomic E-state index is 15.4. The van der Waals surface area contributed by atoms with E-state index in [4.69, 9.17) is 18.9 Å². The fraction of sp³-hybridized carbons (Fsp3) is 0.299. The first kappa shape index (κ1) is 52.3. The van der Waals surface area contributed by atoms with Crippen LogP contribution in [0.5, 0.6) is 23.0 Å². The van der Waals surface area contributed by atoms with Crippen LogP contribution in [0.2, 0.25) is 0 Å². The van der Waals surface area contributed by atoms with Crippen molar-refractivity contribution < 1.29 is 38.1 Å². The van der Waals surface area contributed by atoms with Crippen LogP contribution >= 0.6 is 0 Å². The zero-order chi connectivity index (χ0) is 54.2. The van der Waals surface area contributed by atoms with E-state index in [1.165, 1.54) is 4.90 Å². The van der Waals surface area contributed by atoms with Crippen LogP contribution in [0.1, 0.15) is 159 Å². The average Bonchev–Trinajstić information content (AvgIpc) is 3.53. The van der Waals surface area contributed by atoms with E-state index < -0.39 is 23.8 Å². The molecule has 2 amide bonds. The molecule has 0 saturated carbocycles. The molecule has 1 aromatic heterocycles. The van der Waals surface area contributed by atoms with Gasteiger partial charge in [0.2, 0.25) is 0 Å². The van der Waals surface area contributed by atoms with Gasteiger partial charge < -0.3 is 18.9 Å². The number of carbonyl (C=O) groups excluding carboxylic acids is 4. The lowest BCUT2D eigenvalue weighted by Crippen LogP contribution is -2.40. The third-order valence-electron chi connectivity index (χ3n) is 14.8. The fourth-order valence-corrected chi connectivity index (χ4v) is 10.6. The highest BCUT2D eigenvalue weighted by Gasteiger charge is 2.38. The molecule has 10 nitrogen and oxygen atoms in total. The minimum absolute atomic E-state index is 0.127. The van der Waals surface area contributed by atoms with E-state index in [2.05, 4.69) is 60.4 Å². The minimum atomic E-state index is -0.607. The maximum atomic E-state index is 15.4. The van der Waals surface area contributed by atoms with Gasteiger partial charge in [0.1, 0.15) is 23.0 Å². The Labute approximate surface area is 450 Å². The van der Waals surface area contributed by atoms with Gasteiger partial charge in [0.15, 0.2) is 0 Å². The molecule has 10 heteroatoms. The molecule has 392 valence electrons. The van der Waals surface area contributed by atoms with E-state index in [9.17, 15) is 9.59 Å². The highest BCUT2D eigenvalue weighted by molar-refractivity contribution is 6.44. The summed E-state index contributed by atoms with van der Waals surface area (Å²) in [4.78, 5) is 65.9. The summed E-state index contributed by atoms with van der Waals surface area (Å²) in [5.74, 6) is -0.537. The van der Waals surface area contributed by atoms with Crippen molar-refractivity contribution in [3.63, 3.8) is 0 Å². The third kappa shape index (κ3) is 10.2. The van der Waals surface area contributed by atoms with Crippen molar-refractivity contribution >= 4 is 72.5 Å². The molecule has 1 aliphatic heterocycles. The van der Waals surface area contributed by atoms with Crippen molar-refractivity contribution in [3.8, 4) is 34.3 Å². The van der Waals surface area contributed by atoms with E-state index in [0.717, 1.165) is 55.2 Å². The van der Waals surface area contributed by atoms with Crippen LogP contribution in [0.15, 0.2) is 134 Å². The summed E-state index contributed by atoms with van der Waals surface area (Å²) in [6.45, 7) is 17.5. The number of pyridine rings is 1. The topological polar surface area (TPSA) is 121 Å². The summed E-state index contributed by atoms with van der Waals surface area (Å²) >= 11 is 0. The van der Waals surface area contributed by atoms with Crippen LogP contribution in [0, 0.1) is 0 Å². The zero-order valence-electron chi connectivity index (χ0n) is 45.4. The van der Waals surface area contributed by atoms with E-state index in [-0.39, 0.29) is 40.7 Å². The molecule has 0 fully saturated rings. The van der Waals surface area contributed by atoms with Crippen molar-refractivity contribution in [2.24, 2.45) is 0 Å². The molecule has 0 radical (unpaired) electrons. The number of benzene rings is 8. The lowest BCUT2D eigenvalue weighted by molar-refractivity contribution is 0.0498. The smallest absolute Gasteiger partial charge is 0.338 e. The van der Waals surface area contributed by atoms with Gasteiger partial charge in [0, 0.05) is 49.6 Å². The average molecular weight is 1030 g/mol. The summed E-state index contributed by atoms with van der Waals surface area (Å²) in [5, 5.41) is 4.26. The summed E-state index contributed by atoms with van der Waals surface area (Å²) in [5.41, 5.74) is 4.67. The molecule has 0 saturated heterocycles. The van der Waals surface area contributed by atoms with Crippen LogP contribution in [0.25, 0.3) is 54.3 Å². The van der Waals surface area contributed by atoms with Gasteiger partial charge in [-0.05, 0) is 106 Å². The predicted molar refractivity (Wildman–Crippen MR) is 308 cm³/mol. The number of hydrogen-bond acceptors (Lipinski definition) is 9. The number of imide groups is 1. The standard InChI is InChI=1S/C67H66N2O8/c1-9-11-13-18-36-74-64(72)50-33-31-48-58-54(76-45-26-22-42(23-27-45)66(3,4)5)39-51-56-49(62(70)69(63(51)71)44-34-35-68-53(38-44)41-20-16-15-17-21-41)32-30-47(60(56)58)59-55(77-46-28-24-43(25-29-46)67(6,7)8)40-52(57(50)61(48)59)65(73)75-37-19-14-12-10-2/h15-17,20-35,38-40H,9-14,18-19,36-37H2,1-8H3. The Morgan fingerprint density at radius 3 is 1.57 bits per heavy atom. The molecule has 9 aromatic rings. The highest BCUT2D eigenvalue weighted by Crippen LogP contribution is 2.53. The van der Waals surface area contributed by atoms with Gasteiger partial charge in [-0.3, -0.25) is 14.6 Å². The zero-order valence-corrected chi connectivity index (χ0v) is 45.4. The molecule has 0 aliphatic carbocycles.